The van der Waals surface area contributed by atoms with E-state index in [1.165, 1.54) is 0 Å². The molecule has 2 rings (SSSR count). The summed E-state index contributed by atoms with van der Waals surface area (Å²) in [5.74, 6) is -0.511. The maximum absolute atomic E-state index is 13.6. The van der Waals surface area contributed by atoms with Crippen LogP contribution in [0.15, 0.2) is 29.2 Å². The van der Waals surface area contributed by atoms with Gasteiger partial charge in [0.25, 0.3) is 0 Å². The zero-order chi connectivity index (χ0) is 26.2. The van der Waals surface area contributed by atoms with Gasteiger partial charge < -0.3 is 28.6 Å². The van der Waals surface area contributed by atoms with Crippen molar-refractivity contribution in [1.82, 2.24) is 9.62 Å². The summed E-state index contributed by atoms with van der Waals surface area (Å²) in [5.41, 5.74) is 0.955. The smallest absolute Gasteiger partial charge is 0.241 e. The van der Waals surface area contributed by atoms with E-state index in [2.05, 4.69) is 4.72 Å². The standard InChI is InChI=1S/C25H42N2O8S/c1-4-22(3)24(26-36(29,30)23-7-5-21(2)6-8-23)25(28)27-9-11-31-13-15-33-17-19-35-20-18-34-16-14-32-12-10-27/h5-8,22,24,26H,4,9-20H2,1-3H3/t22-,24+/m0/s1. The predicted octanol–water partition coefficient (Wildman–Crippen LogP) is 1.61. The van der Waals surface area contributed by atoms with Crippen molar-refractivity contribution in [2.45, 2.75) is 38.1 Å². The highest BCUT2D eigenvalue weighted by Gasteiger charge is 2.32. The molecule has 1 heterocycles. The van der Waals surface area contributed by atoms with Crippen molar-refractivity contribution in [2.24, 2.45) is 5.92 Å². The number of rotatable bonds is 6. The third-order valence-corrected chi connectivity index (χ3v) is 7.36. The molecule has 0 bridgehead atoms. The van der Waals surface area contributed by atoms with E-state index >= 15 is 0 Å². The average molecular weight is 531 g/mol. The summed E-state index contributed by atoms with van der Waals surface area (Å²) in [4.78, 5) is 15.3. The fraction of sp³-hybridized carbons (Fsp3) is 0.720. The number of benzene rings is 1. The van der Waals surface area contributed by atoms with Crippen molar-refractivity contribution < 1.29 is 36.9 Å². The Morgan fingerprint density at radius 3 is 1.67 bits per heavy atom. The van der Waals surface area contributed by atoms with Crippen molar-refractivity contribution in [3.05, 3.63) is 29.8 Å². The number of ether oxygens (including phenoxy) is 5. The van der Waals surface area contributed by atoms with Crippen LogP contribution in [0, 0.1) is 12.8 Å². The van der Waals surface area contributed by atoms with E-state index in [0.29, 0.717) is 85.6 Å². The number of sulfonamides is 1. The van der Waals surface area contributed by atoms with E-state index in [1.807, 2.05) is 20.8 Å². The van der Waals surface area contributed by atoms with Crippen molar-refractivity contribution in [1.29, 1.82) is 0 Å². The zero-order valence-corrected chi connectivity index (χ0v) is 22.6. The molecular weight excluding hydrogens is 488 g/mol. The first-order valence-electron chi connectivity index (χ1n) is 12.6. The second kappa shape index (κ2) is 17.0. The van der Waals surface area contributed by atoms with Crippen molar-refractivity contribution in [3.63, 3.8) is 0 Å². The number of nitrogens with one attached hydrogen (secondary N) is 1. The molecule has 36 heavy (non-hydrogen) atoms. The molecule has 1 saturated heterocycles. The average Bonchev–Trinajstić information content (AvgIpc) is 2.86. The molecule has 0 radical (unpaired) electrons. The Balaban J connectivity index is 2.08. The first-order valence-corrected chi connectivity index (χ1v) is 14.1. The van der Waals surface area contributed by atoms with Crippen LogP contribution in [-0.4, -0.2) is 104 Å². The molecule has 10 nitrogen and oxygen atoms in total. The fourth-order valence-electron chi connectivity index (χ4n) is 3.46. The van der Waals surface area contributed by atoms with Crippen LogP contribution in [0.5, 0.6) is 0 Å². The minimum atomic E-state index is -3.88. The molecule has 0 aliphatic carbocycles. The van der Waals surface area contributed by atoms with Gasteiger partial charge in [0.05, 0.1) is 71.0 Å². The molecule has 1 fully saturated rings. The number of aryl methyl sites for hydroxylation is 1. The molecule has 1 aromatic carbocycles. The normalized spacial score (nSPS) is 20.1. The highest BCUT2D eigenvalue weighted by atomic mass is 32.2. The lowest BCUT2D eigenvalue weighted by Gasteiger charge is -2.30. The van der Waals surface area contributed by atoms with Gasteiger partial charge in [-0.3, -0.25) is 4.79 Å². The SMILES string of the molecule is CC[C@H](C)[C@@H](NS(=O)(=O)c1ccc(C)cc1)C(=O)N1CCOCCOCCOCCOCCOCC1. The summed E-state index contributed by atoms with van der Waals surface area (Å²) in [6.45, 7) is 10.4. The summed E-state index contributed by atoms with van der Waals surface area (Å²) in [6, 6.07) is 5.65. The van der Waals surface area contributed by atoms with Gasteiger partial charge in [0.1, 0.15) is 6.04 Å². The minimum Gasteiger partial charge on any atom is -0.377 e. The van der Waals surface area contributed by atoms with Crippen LogP contribution >= 0.6 is 0 Å². The van der Waals surface area contributed by atoms with Crippen LogP contribution in [0.25, 0.3) is 0 Å². The van der Waals surface area contributed by atoms with Crippen LogP contribution in [0.2, 0.25) is 0 Å². The number of hydrogen-bond acceptors (Lipinski definition) is 8. The van der Waals surface area contributed by atoms with Crippen LogP contribution < -0.4 is 4.72 Å². The van der Waals surface area contributed by atoms with Crippen molar-refractivity contribution >= 4 is 15.9 Å². The number of carbonyl (C=O) groups excluding carboxylic acids is 1. The summed E-state index contributed by atoms with van der Waals surface area (Å²) >= 11 is 0. The van der Waals surface area contributed by atoms with Gasteiger partial charge in [-0.2, -0.15) is 4.72 Å². The second-order valence-corrected chi connectivity index (χ2v) is 10.4. The zero-order valence-electron chi connectivity index (χ0n) is 21.8. The summed E-state index contributed by atoms with van der Waals surface area (Å²) in [6.07, 6.45) is 0.631. The van der Waals surface area contributed by atoms with Gasteiger partial charge in [0.2, 0.25) is 15.9 Å². The van der Waals surface area contributed by atoms with Gasteiger partial charge in [-0.15, -0.1) is 0 Å². The van der Waals surface area contributed by atoms with Crippen molar-refractivity contribution in [3.8, 4) is 0 Å². The Bertz CT molecular complexity index is 832. The molecule has 1 aliphatic rings. The quantitative estimate of drug-likeness (QED) is 0.591. The van der Waals surface area contributed by atoms with Crippen LogP contribution in [0.1, 0.15) is 25.8 Å². The highest BCUT2D eigenvalue weighted by molar-refractivity contribution is 7.89. The number of carbonyl (C=O) groups is 1. The molecular formula is C25H42N2O8S. The van der Waals surface area contributed by atoms with E-state index in [4.69, 9.17) is 23.7 Å². The molecule has 0 spiro atoms. The molecule has 0 saturated carbocycles. The largest absolute Gasteiger partial charge is 0.377 e. The van der Waals surface area contributed by atoms with Crippen molar-refractivity contribution in [2.75, 3.05) is 79.2 Å². The molecule has 0 aromatic heterocycles. The van der Waals surface area contributed by atoms with Gasteiger partial charge in [-0.25, -0.2) is 8.42 Å². The second-order valence-electron chi connectivity index (χ2n) is 8.68. The Labute approximate surface area is 215 Å². The first-order chi connectivity index (χ1) is 17.3. The van der Waals surface area contributed by atoms with Crippen LogP contribution in [0.4, 0.5) is 0 Å². The maximum Gasteiger partial charge on any atom is 0.241 e. The fourth-order valence-corrected chi connectivity index (χ4v) is 4.76. The minimum absolute atomic E-state index is 0.131. The molecule has 1 aromatic rings. The first kappa shape index (κ1) is 30.6. The number of nitrogens with zero attached hydrogens (tertiary/aromatic N) is 1. The molecule has 2 atom stereocenters. The third kappa shape index (κ3) is 11.2. The Morgan fingerprint density at radius 2 is 1.25 bits per heavy atom. The molecule has 11 heteroatoms. The van der Waals surface area contributed by atoms with Gasteiger partial charge in [-0.1, -0.05) is 38.0 Å². The van der Waals surface area contributed by atoms with Gasteiger partial charge in [0.15, 0.2) is 0 Å². The van der Waals surface area contributed by atoms with E-state index < -0.39 is 16.1 Å². The predicted molar refractivity (Wildman–Crippen MR) is 135 cm³/mol. The van der Waals surface area contributed by atoms with E-state index in [9.17, 15) is 13.2 Å². The summed E-state index contributed by atoms with van der Waals surface area (Å²) < 4.78 is 56.5. The molecule has 1 N–H and O–H groups in total. The van der Waals surface area contributed by atoms with Crippen LogP contribution in [0.3, 0.4) is 0 Å². The van der Waals surface area contributed by atoms with Gasteiger partial charge in [-0.05, 0) is 25.0 Å². The Morgan fingerprint density at radius 1 is 0.833 bits per heavy atom. The molecule has 0 unspecified atom stereocenters. The maximum atomic E-state index is 13.6. The third-order valence-electron chi connectivity index (χ3n) is 5.90. The number of amides is 1. The molecule has 1 amide bonds. The van der Waals surface area contributed by atoms with E-state index in [1.54, 1.807) is 29.2 Å². The van der Waals surface area contributed by atoms with Crippen LogP contribution in [-0.2, 0) is 38.5 Å². The summed E-state index contributed by atoms with van der Waals surface area (Å²) in [7, 11) is -3.88. The van der Waals surface area contributed by atoms with E-state index in [0.717, 1.165) is 5.56 Å². The Kier molecular flexibility index (Phi) is 14.5. The lowest BCUT2D eigenvalue weighted by atomic mass is 9.99. The lowest BCUT2D eigenvalue weighted by Crippen LogP contribution is -2.53. The Hall–Kier alpha value is -1.60. The van der Waals surface area contributed by atoms with E-state index in [-0.39, 0.29) is 16.7 Å². The van der Waals surface area contributed by atoms with Gasteiger partial charge in [0, 0.05) is 13.1 Å². The molecule has 1 aliphatic heterocycles. The highest BCUT2D eigenvalue weighted by Crippen LogP contribution is 2.17. The summed E-state index contributed by atoms with van der Waals surface area (Å²) in [5, 5.41) is 0. The monoisotopic (exact) mass is 530 g/mol. The topological polar surface area (TPSA) is 113 Å². The lowest BCUT2D eigenvalue weighted by molar-refractivity contribution is -0.136. The number of hydrogen-bond donors (Lipinski definition) is 1. The van der Waals surface area contributed by atoms with Gasteiger partial charge >= 0.3 is 0 Å². The molecule has 206 valence electrons.